The first-order chi connectivity index (χ1) is 2.27. The second kappa shape index (κ2) is 4.90. The van der Waals surface area contributed by atoms with Crippen LogP contribution in [-0.2, 0) is 0 Å². The molecule has 0 aliphatic carbocycles. The van der Waals surface area contributed by atoms with Gasteiger partial charge in [-0.15, -0.1) is 8.93 Å². The topological polar surface area (TPSA) is 0 Å². The van der Waals surface area contributed by atoms with Gasteiger partial charge >= 0.3 is 0 Å². The summed E-state index contributed by atoms with van der Waals surface area (Å²) in [5, 5.41) is 0. The van der Waals surface area contributed by atoms with Crippen molar-refractivity contribution in [2.24, 2.45) is 0 Å². The number of halogens is 2. The van der Waals surface area contributed by atoms with E-state index < -0.39 is 0 Å². The molecule has 0 rings (SSSR count). The lowest BCUT2D eigenvalue weighted by Crippen LogP contribution is -0.981. The first-order valence-corrected chi connectivity index (χ1v) is 10.9. The van der Waals surface area contributed by atoms with Crippen molar-refractivity contribution < 1.29 is 0 Å². The second-order valence-corrected chi connectivity index (χ2v) is 18.1. The van der Waals surface area contributed by atoms with Crippen molar-refractivity contribution in [3.63, 3.8) is 0 Å². The average molecular weight is 349 g/mol. The van der Waals surface area contributed by atoms with Crippen LogP contribution in [0.1, 0.15) is 0 Å². The van der Waals surface area contributed by atoms with Gasteiger partial charge in [-0.05, 0) is 0 Å². The van der Waals surface area contributed by atoms with Crippen molar-refractivity contribution in [1.82, 2.24) is 0 Å². The van der Waals surface area contributed by atoms with Gasteiger partial charge in [-0.3, -0.25) is 0 Å². The number of hydrogen-bond donors (Lipinski definition) is 0. The SMILES string of the molecule is PP(I)[P-]I. The van der Waals surface area contributed by atoms with E-state index >= 15 is 0 Å². The summed E-state index contributed by atoms with van der Waals surface area (Å²) in [6.45, 7) is 0. The summed E-state index contributed by atoms with van der Waals surface area (Å²) in [7, 11) is 2.77. The van der Waals surface area contributed by atoms with Crippen LogP contribution in [0.5, 0.6) is 0 Å². The minimum Gasteiger partial charge on any atom is -0.417 e. The lowest BCUT2D eigenvalue weighted by atomic mass is 29.6. The Bertz CT molecular complexity index is 18.9. The van der Waals surface area contributed by atoms with E-state index in [9.17, 15) is 0 Å². The molecule has 0 aliphatic heterocycles. The third kappa shape index (κ3) is 6.75. The van der Waals surface area contributed by atoms with E-state index in [2.05, 4.69) is 53.0 Å². The molecule has 0 bridgehead atoms. The highest BCUT2D eigenvalue weighted by Crippen LogP contribution is 2.72. The van der Waals surface area contributed by atoms with Crippen LogP contribution in [0.4, 0.5) is 0 Å². The zero-order chi connectivity index (χ0) is 4.28. The maximum Gasteiger partial charge on any atom is -0.0837 e. The van der Waals surface area contributed by atoms with Crippen molar-refractivity contribution >= 4 is 63.9 Å². The molecular formula is H2I2P3-. The minimum absolute atomic E-state index is 0.247. The monoisotopic (exact) mass is 349 g/mol. The van der Waals surface area contributed by atoms with E-state index in [0.29, 0.717) is 0 Å². The van der Waals surface area contributed by atoms with Crippen molar-refractivity contribution in [1.29, 1.82) is 0 Å². The van der Waals surface area contributed by atoms with E-state index in [-0.39, 0.29) is 4.94 Å². The number of hydrogen-bond acceptors (Lipinski definition) is 0. The summed E-state index contributed by atoms with van der Waals surface area (Å²) in [4.78, 5) is 0.247. The third-order valence-corrected chi connectivity index (χ3v) is 19.5. The Balaban J connectivity index is 2.54. The summed E-state index contributed by atoms with van der Waals surface area (Å²) in [5.74, 6) is 1.48. The highest BCUT2D eigenvalue weighted by atomic mass is 127. The molecule has 5 heteroatoms. The molecular weight excluding hydrogens is 347 g/mol. The Morgan fingerprint density at radius 1 is 1.80 bits per heavy atom. The Morgan fingerprint density at radius 3 is 2.00 bits per heavy atom. The quantitative estimate of drug-likeness (QED) is 0.499. The minimum atomic E-state index is 0.247. The fraction of sp³-hybridized carbons (Fsp3) is 0. The van der Waals surface area contributed by atoms with Crippen LogP contribution < -0.4 is 0 Å². The number of rotatable bonds is 1. The van der Waals surface area contributed by atoms with Gasteiger partial charge in [0.2, 0.25) is 0 Å². The van der Waals surface area contributed by atoms with E-state index in [4.69, 9.17) is 0 Å². The molecule has 0 saturated carbocycles. The third-order valence-electron chi connectivity index (χ3n) is 0.0722. The van der Waals surface area contributed by atoms with E-state index in [1.165, 1.54) is 5.91 Å². The maximum atomic E-state index is 2.77. The molecule has 0 aromatic carbocycles. The summed E-state index contributed by atoms with van der Waals surface area (Å²) in [5.41, 5.74) is 0. The molecule has 0 N–H and O–H groups in total. The Morgan fingerprint density at radius 2 is 2.00 bits per heavy atom. The van der Waals surface area contributed by atoms with Crippen LogP contribution in [0.15, 0.2) is 0 Å². The van der Waals surface area contributed by atoms with Crippen LogP contribution in [0.3, 0.4) is 0 Å². The molecule has 0 saturated heterocycles. The molecule has 0 radical (unpaired) electrons. The zero-order valence-corrected chi connectivity index (χ0v) is 9.49. The molecule has 0 heterocycles. The molecule has 0 amide bonds. The summed E-state index contributed by atoms with van der Waals surface area (Å²) < 4.78 is 0. The van der Waals surface area contributed by atoms with E-state index in [1.54, 1.807) is 0 Å². The standard InChI is InChI=1S/H2I2P3/c1-4-5(2)3/h3H2/q-1. The lowest BCUT2D eigenvalue weighted by Gasteiger charge is -2.09. The largest absolute Gasteiger partial charge is 0.417 e. The maximum absolute atomic E-state index is 2.77. The molecule has 0 aromatic rings. The fourth-order valence-corrected chi connectivity index (χ4v) is 0. The van der Waals surface area contributed by atoms with Gasteiger partial charge in [0, 0.05) is 0 Å². The van der Waals surface area contributed by atoms with Gasteiger partial charge in [-0.2, -0.15) is 4.94 Å². The Hall–Kier alpha value is 2.75. The molecule has 0 aliphatic rings. The zero-order valence-electron chi connectivity index (χ0n) is 2.23. The van der Waals surface area contributed by atoms with Crippen molar-refractivity contribution in [2.75, 3.05) is 0 Å². The summed E-state index contributed by atoms with van der Waals surface area (Å²) in [6.07, 6.45) is 0. The lowest BCUT2D eigenvalue weighted by molar-refractivity contribution is 5.42. The molecule has 2 unspecified atom stereocenters. The van der Waals surface area contributed by atoms with Crippen molar-refractivity contribution in [2.45, 2.75) is 0 Å². The molecule has 0 nitrogen and oxygen atoms in total. The van der Waals surface area contributed by atoms with Crippen molar-refractivity contribution in [3.8, 4) is 0 Å². The molecule has 32 valence electrons. The van der Waals surface area contributed by atoms with Crippen LogP contribution in [-0.4, -0.2) is 0 Å². The van der Waals surface area contributed by atoms with E-state index in [1.807, 2.05) is 0 Å². The average Bonchev–Trinajstić information content (AvgIpc) is 1.38. The fourth-order valence-electron chi connectivity index (χ4n) is 0. The normalized spacial score (nSPS) is 17.4. The van der Waals surface area contributed by atoms with E-state index in [0.717, 1.165) is 0 Å². The van der Waals surface area contributed by atoms with Crippen LogP contribution >= 0.6 is 63.9 Å². The smallest absolute Gasteiger partial charge is 0.0837 e. The van der Waals surface area contributed by atoms with Gasteiger partial charge in [0.15, 0.2) is 0 Å². The van der Waals surface area contributed by atoms with Crippen molar-refractivity contribution in [3.05, 3.63) is 0 Å². The van der Waals surface area contributed by atoms with Crippen LogP contribution in [0, 0.1) is 0 Å². The van der Waals surface area contributed by atoms with Gasteiger partial charge in [0.25, 0.3) is 0 Å². The predicted octanol–water partition coefficient (Wildman–Crippen LogP) is 3.82. The molecule has 0 spiro atoms. The highest BCUT2D eigenvalue weighted by Gasteiger charge is 1.63. The molecule has 5 heavy (non-hydrogen) atoms. The first kappa shape index (κ1) is 7.75. The first-order valence-electron chi connectivity index (χ1n) is 0.796. The molecule has 0 aromatic heterocycles. The molecule has 0 fully saturated rings. The summed E-state index contributed by atoms with van der Waals surface area (Å²) in [6, 6.07) is 0. The van der Waals surface area contributed by atoms with Gasteiger partial charge in [0.1, 0.15) is 0 Å². The Kier molecular flexibility index (Phi) is 7.59. The second-order valence-electron chi connectivity index (χ2n) is 0.364. The van der Waals surface area contributed by atoms with Gasteiger partial charge in [-0.1, -0.05) is 22.0 Å². The highest BCUT2D eigenvalue weighted by molar-refractivity contribution is 14.2. The van der Waals surface area contributed by atoms with Crippen LogP contribution in [0.25, 0.3) is 0 Å². The Labute approximate surface area is 63.1 Å². The van der Waals surface area contributed by atoms with Gasteiger partial charge < -0.3 is 28.0 Å². The predicted molar refractivity (Wildman–Crippen MR) is 51.6 cm³/mol. The van der Waals surface area contributed by atoms with Gasteiger partial charge in [-0.25, -0.2) is 0 Å². The molecule has 2 atom stereocenters. The van der Waals surface area contributed by atoms with Crippen LogP contribution in [0.2, 0.25) is 0 Å². The summed E-state index contributed by atoms with van der Waals surface area (Å²) >= 11 is 4.76. The van der Waals surface area contributed by atoms with Gasteiger partial charge in [0.05, 0.1) is 0 Å².